The molecule has 0 fully saturated rings. The normalized spacial score (nSPS) is 10.7. The number of methoxy groups -OCH3 is 2. The Hall–Kier alpha value is -2.40. The lowest BCUT2D eigenvalue weighted by Gasteiger charge is -2.11. The predicted octanol–water partition coefficient (Wildman–Crippen LogP) is 3.47. The molecule has 5 nitrogen and oxygen atoms in total. The zero-order valence-electron chi connectivity index (χ0n) is 13.8. The van der Waals surface area contributed by atoms with Crippen molar-refractivity contribution in [3.8, 4) is 17.0 Å². The Morgan fingerprint density at radius 3 is 2.39 bits per heavy atom. The summed E-state index contributed by atoms with van der Waals surface area (Å²) in [4.78, 5) is 16.5. The van der Waals surface area contributed by atoms with Crippen molar-refractivity contribution in [3.05, 3.63) is 47.7 Å². The molecule has 23 heavy (non-hydrogen) atoms. The number of rotatable bonds is 6. The van der Waals surface area contributed by atoms with Crippen LogP contribution < -0.4 is 4.74 Å². The molecule has 0 saturated carbocycles. The first-order valence-electron chi connectivity index (χ1n) is 7.38. The fourth-order valence-corrected chi connectivity index (χ4v) is 2.09. The quantitative estimate of drug-likeness (QED) is 0.764. The molecule has 0 spiro atoms. The van der Waals surface area contributed by atoms with Gasteiger partial charge < -0.3 is 14.2 Å². The molecule has 0 bridgehead atoms. The molecule has 0 aliphatic heterocycles. The summed E-state index contributed by atoms with van der Waals surface area (Å²) in [7, 11) is 3.21. The highest BCUT2D eigenvalue weighted by atomic mass is 16.5. The molecule has 0 aliphatic rings. The Morgan fingerprint density at radius 1 is 1.13 bits per heavy atom. The highest BCUT2D eigenvalue weighted by molar-refractivity contribution is 5.88. The number of pyridine rings is 1. The van der Waals surface area contributed by atoms with E-state index in [9.17, 15) is 4.79 Å². The van der Waals surface area contributed by atoms with Crippen molar-refractivity contribution in [1.29, 1.82) is 0 Å². The Balaban J connectivity index is 2.35. The third kappa shape index (κ3) is 4.53. The van der Waals surface area contributed by atoms with Crippen LogP contribution in [0.25, 0.3) is 11.3 Å². The maximum atomic E-state index is 12.1. The molecule has 5 heteroatoms. The number of carbonyl (C=O) groups excluding carboxylic acids is 1. The first-order valence-corrected chi connectivity index (χ1v) is 7.38. The van der Waals surface area contributed by atoms with Crippen LogP contribution in [0.1, 0.15) is 29.9 Å². The minimum absolute atomic E-state index is 0.202. The largest absolute Gasteiger partial charge is 0.497 e. The van der Waals surface area contributed by atoms with Crippen LogP contribution in [-0.4, -0.2) is 31.3 Å². The maximum absolute atomic E-state index is 12.1. The predicted molar refractivity (Wildman–Crippen MR) is 87.5 cm³/mol. The third-order valence-corrected chi connectivity index (χ3v) is 3.15. The van der Waals surface area contributed by atoms with E-state index in [1.165, 1.54) is 0 Å². The number of hydrogen-bond acceptors (Lipinski definition) is 5. The van der Waals surface area contributed by atoms with Gasteiger partial charge in [0.2, 0.25) is 0 Å². The standard InChI is InChI=1S/C18H21NO4/c1-12(2)23-18(20)17-10-15(22-4)9-16(19-17)14-7-5-13(6-8-14)11-21-3/h5-10,12H,11H2,1-4H3. The van der Waals surface area contributed by atoms with Crippen LogP contribution in [0.4, 0.5) is 0 Å². The zero-order valence-corrected chi connectivity index (χ0v) is 13.8. The number of hydrogen-bond donors (Lipinski definition) is 0. The van der Waals surface area contributed by atoms with E-state index >= 15 is 0 Å². The van der Waals surface area contributed by atoms with Gasteiger partial charge in [-0.25, -0.2) is 9.78 Å². The lowest BCUT2D eigenvalue weighted by atomic mass is 10.1. The first-order chi connectivity index (χ1) is 11.0. The molecular formula is C18H21NO4. The topological polar surface area (TPSA) is 57.7 Å². The zero-order chi connectivity index (χ0) is 16.8. The SMILES string of the molecule is COCc1ccc(-c2cc(OC)cc(C(=O)OC(C)C)n2)cc1. The van der Waals surface area contributed by atoms with Crippen molar-refractivity contribution in [1.82, 2.24) is 4.98 Å². The average Bonchev–Trinajstić information content (AvgIpc) is 2.54. The summed E-state index contributed by atoms with van der Waals surface area (Å²) in [6, 6.07) is 11.2. The van der Waals surface area contributed by atoms with Gasteiger partial charge in [-0.1, -0.05) is 24.3 Å². The average molecular weight is 315 g/mol. The van der Waals surface area contributed by atoms with Gasteiger partial charge in [0.05, 0.1) is 25.5 Å². The van der Waals surface area contributed by atoms with Crippen LogP contribution in [0.2, 0.25) is 0 Å². The smallest absolute Gasteiger partial charge is 0.357 e. The Kier molecular flexibility index (Phi) is 5.71. The van der Waals surface area contributed by atoms with Crippen LogP contribution in [-0.2, 0) is 16.1 Å². The lowest BCUT2D eigenvalue weighted by Crippen LogP contribution is -2.13. The van der Waals surface area contributed by atoms with Crippen LogP contribution in [0.15, 0.2) is 36.4 Å². The monoisotopic (exact) mass is 315 g/mol. The van der Waals surface area contributed by atoms with E-state index in [1.807, 2.05) is 24.3 Å². The van der Waals surface area contributed by atoms with Crippen molar-refractivity contribution in [2.75, 3.05) is 14.2 Å². The van der Waals surface area contributed by atoms with Gasteiger partial charge in [0.15, 0.2) is 5.69 Å². The van der Waals surface area contributed by atoms with Crippen molar-refractivity contribution < 1.29 is 19.0 Å². The summed E-state index contributed by atoms with van der Waals surface area (Å²) < 4.78 is 15.6. The van der Waals surface area contributed by atoms with Gasteiger partial charge in [-0.05, 0) is 19.4 Å². The van der Waals surface area contributed by atoms with Crippen molar-refractivity contribution >= 4 is 5.97 Å². The summed E-state index contributed by atoms with van der Waals surface area (Å²) in [5, 5.41) is 0. The van der Waals surface area contributed by atoms with Crippen LogP contribution >= 0.6 is 0 Å². The highest BCUT2D eigenvalue weighted by Crippen LogP contribution is 2.24. The van der Waals surface area contributed by atoms with Crippen molar-refractivity contribution in [3.63, 3.8) is 0 Å². The van der Waals surface area contributed by atoms with Crippen molar-refractivity contribution in [2.45, 2.75) is 26.6 Å². The van der Waals surface area contributed by atoms with Crippen LogP contribution in [0.3, 0.4) is 0 Å². The summed E-state index contributed by atoms with van der Waals surface area (Å²) in [5.41, 5.74) is 2.85. The summed E-state index contributed by atoms with van der Waals surface area (Å²) >= 11 is 0. The van der Waals surface area contributed by atoms with Gasteiger partial charge in [-0.2, -0.15) is 0 Å². The minimum atomic E-state index is -0.462. The van der Waals surface area contributed by atoms with E-state index in [2.05, 4.69) is 4.98 Å². The number of benzene rings is 1. The minimum Gasteiger partial charge on any atom is -0.497 e. The Bertz CT molecular complexity index is 665. The Labute approximate surface area is 136 Å². The van der Waals surface area contributed by atoms with E-state index in [1.54, 1.807) is 40.2 Å². The Morgan fingerprint density at radius 2 is 1.83 bits per heavy atom. The molecule has 1 aromatic carbocycles. The molecule has 1 aromatic heterocycles. The van der Waals surface area contributed by atoms with E-state index < -0.39 is 5.97 Å². The fraction of sp³-hybridized carbons (Fsp3) is 0.333. The maximum Gasteiger partial charge on any atom is 0.357 e. The second kappa shape index (κ2) is 7.74. The van der Waals surface area contributed by atoms with Crippen molar-refractivity contribution in [2.24, 2.45) is 0 Å². The molecular weight excluding hydrogens is 294 g/mol. The molecule has 0 amide bonds. The van der Waals surface area contributed by atoms with Gasteiger partial charge in [-0.3, -0.25) is 0 Å². The number of nitrogens with zero attached hydrogens (tertiary/aromatic N) is 1. The number of carbonyl (C=O) groups is 1. The highest BCUT2D eigenvalue weighted by Gasteiger charge is 2.14. The molecule has 0 saturated heterocycles. The van der Waals surface area contributed by atoms with Crippen LogP contribution in [0.5, 0.6) is 5.75 Å². The molecule has 2 rings (SSSR count). The van der Waals surface area contributed by atoms with E-state index in [-0.39, 0.29) is 11.8 Å². The third-order valence-electron chi connectivity index (χ3n) is 3.15. The van der Waals surface area contributed by atoms with Crippen LogP contribution in [0, 0.1) is 0 Å². The lowest BCUT2D eigenvalue weighted by molar-refractivity contribution is 0.0370. The molecule has 1 heterocycles. The second-order valence-corrected chi connectivity index (χ2v) is 5.36. The van der Waals surface area contributed by atoms with Gasteiger partial charge in [-0.15, -0.1) is 0 Å². The van der Waals surface area contributed by atoms with Gasteiger partial charge in [0.1, 0.15) is 5.75 Å². The fourth-order valence-electron chi connectivity index (χ4n) is 2.09. The number of esters is 1. The van der Waals surface area contributed by atoms with E-state index in [0.717, 1.165) is 11.1 Å². The molecule has 122 valence electrons. The first kappa shape index (κ1) is 17.0. The molecule has 0 atom stereocenters. The molecule has 0 aliphatic carbocycles. The molecule has 2 aromatic rings. The molecule has 0 unspecified atom stereocenters. The molecule has 0 radical (unpaired) electrons. The number of ether oxygens (including phenoxy) is 3. The van der Waals surface area contributed by atoms with Gasteiger partial charge in [0, 0.05) is 24.8 Å². The van der Waals surface area contributed by atoms with E-state index in [4.69, 9.17) is 14.2 Å². The second-order valence-electron chi connectivity index (χ2n) is 5.36. The summed E-state index contributed by atoms with van der Waals surface area (Å²) in [6.07, 6.45) is -0.202. The molecule has 0 N–H and O–H groups in total. The van der Waals surface area contributed by atoms with Gasteiger partial charge in [0.25, 0.3) is 0 Å². The van der Waals surface area contributed by atoms with E-state index in [0.29, 0.717) is 18.1 Å². The van der Waals surface area contributed by atoms with Gasteiger partial charge >= 0.3 is 5.97 Å². The number of aromatic nitrogens is 1. The summed E-state index contributed by atoms with van der Waals surface area (Å²) in [5.74, 6) is 0.0998. The summed E-state index contributed by atoms with van der Waals surface area (Å²) in [6.45, 7) is 4.15.